The summed E-state index contributed by atoms with van der Waals surface area (Å²) in [4.78, 5) is 0. The van der Waals surface area contributed by atoms with E-state index in [4.69, 9.17) is 21.1 Å². The molecule has 0 radical (unpaired) electrons. The summed E-state index contributed by atoms with van der Waals surface area (Å²) >= 11 is 6.03. The van der Waals surface area contributed by atoms with Crippen molar-refractivity contribution in [3.63, 3.8) is 0 Å². The third-order valence-corrected chi connectivity index (χ3v) is 3.81. The van der Waals surface area contributed by atoms with Crippen LogP contribution in [-0.2, 0) is 13.2 Å². The molecule has 0 saturated heterocycles. The van der Waals surface area contributed by atoms with E-state index in [1.807, 2.05) is 25.1 Å². The SMILES string of the molecule is CCOc1cc(CNC(C)C)ccc1OCc1c(F)cccc1Cl. The first-order valence-corrected chi connectivity index (χ1v) is 8.43. The van der Waals surface area contributed by atoms with Gasteiger partial charge in [0.05, 0.1) is 11.6 Å². The number of ether oxygens (including phenoxy) is 2. The maximum absolute atomic E-state index is 13.8. The van der Waals surface area contributed by atoms with Crippen molar-refractivity contribution in [1.82, 2.24) is 5.32 Å². The minimum atomic E-state index is -0.377. The summed E-state index contributed by atoms with van der Waals surface area (Å²) in [5.74, 6) is 0.843. The van der Waals surface area contributed by atoms with E-state index in [0.29, 0.717) is 34.7 Å². The lowest BCUT2D eigenvalue weighted by Gasteiger charge is -2.15. The van der Waals surface area contributed by atoms with Gasteiger partial charge in [-0.3, -0.25) is 0 Å². The molecule has 0 aliphatic carbocycles. The Hall–Kier alpha value is -1.78. The predicted molar refractivity (Wildman–Crippen MR) is 95.3 cm³/mol. The highest BCUT2D eigenvalue weighted by Gasteiger charge is 2.11. The van der Waals surface area contributed by atoms with Crippen molar-refractivity contribution in [2.24, 2.45) is 0 Å². The molecule has 0 spiro atoms. The van der Waals surface area contributed by atoms with Crippen molar-refractivity contribution in [1.29, 1.82) is 0 Å². The highest BCUT2D eigenvalue weighted by Crippen LogP contribution is 2.30. The number of rotatable bonds is 8. The third-order valence-electron chi connectivity index (χ3n) is 3.46. The van der Waals surface area contributed by atoms with Gasteiger partial charge in [0, 0.05) is 18.2 Å². The minimum Gasteiger partial charge on any atom is -0.490 e. The highest BCUT2D eigenvalue weighted by molar-refractivity contribution is 6.31. The molecule has 2 rings (SSSR count). The molecule has 0 aliphatic rings. The van der Waals surface area contributed by atoms with Gasteiger partial charge in [0.25, 0.3) is 0 Å². The fraction of sp³-hybridized carbons (Fsp3) is 0.368. The predicted octanol–water partition coefficient (Wildman–Crippen LogP) is 4.95. The number of hydrogen-bond donors (Lipinski definition) is 1. The largest absolute Gasteiger partial charge is 0.490 e. The van der Waals surface area contributed by atoms with Crippen LogP contribution in [0.2, 0.25) is 5.02 Å². The monoisotopic (exact) mass is 351 g/mol. The van der Waals surface area contributed by atoms with Gasteiger partial charge < -0.3 is 14.8 Å². The van der Waals surface area contributed by atoms with Gasteiger partial charge in [-0.15, -0.1) is 0 Å². The first kappa shape index (κ1) is 18.6. The Labute approximate surface area is 147 Å². The highest BCUT2D eigenvalue weighted by atomic mass is 35.5. The average Bonchev–Trinajstić information content (AvgIpc) is 2.54. The number of halogens is 2. The topological polar surface area (TPSA) is 30.5 Å². The summed E-state index contributed by atoms with van der Waals surface area (Å²) in [7, 11) is 0. The van der Waals surface area contributed by atoms with E-state index in [0.717, 1.165) is 12.1 Å². The smallest absolute Gasteiger partial charge is 0.161 e. The van der Waals surface area contributed by atoms with Crippen LogP contribution in [0.3, 0.4) is 0 Å². The third kappa shape index (κ3) is 5.11. The van der Waals surface area contributed by atoms with Gasteiger partial charge in [0.2, 0.25) is 0 Å². The lowest BCUT2D eigenvalue weighted by atomic mass is 10.2. The lowest BCUT2D eigenvalue weighted by molar-refractivity contribution is 0.265. The van der Waals surface area contributed by atoms with Gasteiger partial charge in [-0.25, -0.2) is 4.39 Å². The fourth-order valence-corrected chi connectivity index (χ4v) is 2.41. The van der Waals surface area contributed by atoms with Crippen molar-refractivity contribution in [3.8, 4) is 11.5 Å². The summed E-state index contributed by atoms with van der Waals surface area (Å²) in [6.45, 7) is 7.43. The maximum atomic E-state index is 13.8. The molecule has 1 N–H and O–H groups in total. The summed E-state index contributed by atoms with van der Waals surface area (Å²) in [6.07, 6.45) is 0. The van der Waals surface area contributed by atoms with Crippen molar-refractivity contribution >= 4 is 11.6 Å². The van der Waals surface area contributed by atoms with Crippen LogP contribution in [0.4, 0.5) is 4.39 Å². The molecule has 0 aliphatic heterocycles. The summed E-state index contributed by atoms with van der Waals surface area (Å²) in [5, 5.41) is 3.71. The van der Waals surface area contributed by atoms with Crippen LogP contribution in [0.25, 0.3) is 0 Å². The molecule has 0 atom stereocenters. The summed E-state index contributed by atoms with van der Waals surface area (Å²) < 4.78 is 25.2. The lowest BCUT2D eigenvalue weighted by Crippen LogP contribution is -2.21. The Morgan fingerprint density at radius 2 is 1.92 bits per heavy atom. The zero-order valence-electron chi connectivity index (χ0n) is 14.2. The Morgan fingerprint density at radius 3 is 2.58 bits per heavy atom. The quantitative estimate of drug-likeness (QED) is 0.729. The summed E-state index contributed by atoms with van der Waals surface area (Å²) in [5.41, 5.74) is 1.44. The Balaban J connectivity index is 2.13. The molecule has 2 aromatic carbocycles. The van der Waals surface area contributed by atoms with Crippen LogP contribution in [0.15, 0.2) is 36.4 Å². The summed E-state index contributed by atoms with van der Waals surface area (Å²) in [6, 6.07) is 10.7. The maximum Gasteiger partial charge on any atom is 0.161 e. The van der Waals surface area contributed by atoms with Crippen LogP contribution in [0.1, 0.15) is 31.9 Å². The molecule has 0 saturated carbocycles. The van der Waals surface area contributed by atoms with Crippen LogP contribution < -0.4 is 14.8 Å². The van der Waals surface area contributed by atoms with Crippen molar-refractivity contribution in [3.05, 3.63) is 58.4 Å². The molecule has 0 heterocycles. The number of nitrogens with one attached hydrogen (secondary N) is 1. The van der Waals surface area contributed by atoms with Crippen molar-refractivity contribution in [2.45, 2.75) is 40.0 Å². The zero-order chi connectivity index (χ0) is 17.5. The molecule has 5 heteroatoms. The van der Waals surface area contributed by atoms with Crippen LogP contribution >= 0.6 is 11.6 Å². The van der Waals surface area contributed by atoms with E-state index >= 15 is 0 Å². The second-order valence-electron chi connectivity index (χ2n) is 5.74. The molecular weight excluding hydrogens is 329 g/mol. The van der Waals surface area contributed by atoms with E-state index in [1.165, 1.54) is 6.07 Å². The van der Waals surface area contributed by atoms with E-state index in [9.17, 15) is 4.39 Å². The molecule has 0 amide bonds. The van der Waals surface area contributed by atoms with E-state index in [1.54, 1.807) is 12.1 Å². The van der Waals surface area contributed by atoms with Gasteiger partial charge in [-0.2, -0.15) is 0 Å². The molecule has 0 unspecified atom stereocenters. The normalized spacial score (nSPS) is 10.9. The zero-order valence-corrected chi connectivity index (χ0v) is 15.0. The van der Waals surface area contributed by atoms with Crippen LogP contribution in [0, 0.1) is 5.82 Å². The molecule has 24 heavy (non-hydrogen) atoms. The Morgan fingerprint density at radius 1 is 1.12 bits per heavy atom. The van der Waals surface area contributed by atoms with E-state index in [-0.39, 0.29) is 12.4 Å². The Kier molecular flexibility index (Phi) is 6.88. The van der Waals surface area contributed by atoms with E-state index < -0.39 is 0 Å². The molecule has 2 aromatic rings. The number of hydrogen-bond acceptors (Lipinski definition) is 3. The van der Waals surface area contributed by atoms with Crippen molar-refractivity contribution in [2.75, 3.05) is 6.61 Å². The molecular formula is C19H23ClFNO2. The van der Waals surface area contributed by atoms with Crippen molar-refractivity contribution < 1.29 is 13.9 Å². The van der Waals surface area contributed by atoms with Crippen LogP contribution in [0.5, 0.6) is 11.5 Å². The second-order valence-corrected chi connectivity index (χ2v) is 6.15. The first-order chi connectivity index (χ1) is 11.5. The molecule has 0 bridgehead atoms. The molecule has 3 nitrogen and oxygen atoms in total. The molecule has 0 fully saturated rings. The molecule has 0 aromatic heterocycles. The fourth-order valence-electron chi connectivity index (χ4n) is 2.19. The number of benzene rings is 2. The van der Waals surface area contributed by atoms with Gasteiger partial charge in [-0.1, -0.05) is 37.6 Å². The minimum absolute atomic E-state index is 0.0508. The van der Waals surface area contributed by atoms with Crippen LogP contribution in [-0.4, -0.2) is 12.6 Å². The van der Waals surface area contributed by atoms with Gasteiger partial charge in [-0.05, 0) is 36.8 Å². The van der Waals surface area contributed by atoms with Gasteiger partial charge >= 0.3 is 0 Å². The standard InChI is InChI=1S/C19H23ClFNO2/c1-4-23-19-10-14(11-22-13(2)3)8-9-18(19)24-12-15-16(20)6-5-7-17(15)21/h5-10,13,22H,4,11-12H2,1-3H3. The van der Waals surface area contributed by atoms with E-state index in [2.05, 4.69) is 19.2 Å². The second kappa shape index (κ2) is 8.90. The van der Waals surface area contributed by atoms with Gasteiger partial charge in [0.15, 0.2) is 11.5 Å². The molecule has 130 valence electrons. The van der Waals surface area contributed by atoms with Gasteiger partial charge in [0.1, 0.15) is 12.4 Å². The average molecular weight is 352 g/mol. The first-order valence-electron chi connectivity index (χ1n) is 8.06. The Bertz CT molecular complexity index is 656.